The number of nitrogens with one attached hydrogen (secondary N) is 1. The monoisotopic (exact) mass is 332 g/mol. The minimum Gasteiger partial charge on any atom is -0.508 e. The first kappa shape index (κ1) is 17.8. The lowest BCUT2D eigenvalue weighted by Crippen LogP contribution is -2.39. The smallest absolute Gasteiger partial charge is 0.407 e. The van der Waals surface area contributed by atoms with Crippen molar-refractivity contribution in [3.8, 4) is 16.9 Å². The molecular formula is C18H26N3O3+. The van der Waals surface area contributed by atoms with Crippen molar-refractivity contribution in [1.29, 1.82) is 0 Å². The number of aryl methyl sites for hydroxylation is 2. The van der Waals surface area contributed by atoms with E-state index in [4.69, 9.17) is 4.74 Å². The number of rotatable bonds is 5. The lowest BCUT2D eigenvalue weighted by Gasteiger charge is -2.19. The Morgan fingerprint density at radius 1 is 1.25 bits per heavy atom. The summed E-state index contributed by atoms with van der Waals surface area (Å²) in [6, 6.07) is 7.13. The van der Waals surface area contributed by atoms with E-state index in [0.29, 0.717) is 6.54 Å². The molecule has 0 aliphatic rings. The molecule has 0 aliphatic heterocycles. The zero-order valence-electron chi connectivity index (χ0n) is 14.7. The molecule has 130 valence electrons. The van der Waals surface area contributed by atoms with Gasteiger partial charge in [0.05, 0.1) is 18.3 Å². The van der Waals surface area contributed by atoms with Crippen LogP contribution in [0.5, 0.6) is 5.75 Å². The summed E-state index contributed by atoms with van der Waals surface area (Å²) in [5.41, 5.74) is 1.65. The van der Waals surface area contributed by atoms with Crippen LogP contribution in [0.2, 0.25) is 0 Å². The van der Waals surface area contributed by atoms with E-state index in [1.54, 1.807) is 12.1 Å². The molecular weight excluding hydrogens is 306 g/mol. The first-order valence-corrected chi connectivity index (χ1v) is 8.07. The Hall–Kier alpha value is -2.50. The largest absolute Gasteiger partial charge is 0.508 e. The van der Waals surface area contributed by atoms with Gasteiger partial charge in [-0.1, -0.05) is 12.1 Å². The molecule has 0 atom stereocenters. The van der Waals surface area contributed by atoms with E-state index in [1.165, 1.54) is 0 Å². The van der Waals surface area contributed by atoms with Gasteiger partial charge in [0.2, 0.25) is 6.20 Å². The molecule has 0 radical (unpaired) electrons. The molecule has 1 amide bonds. The van der Waals surface area contributed by atoms with Gasteiger partial charge in [-0.15, -0.1) is 4.68 Å². The summed E-state index contributed by atoms with van der Waals surface area (Å²) in [6.07, 6.45) is 4.51. The fourth-order valence-electron chi connectivity index (χ4n) is 2.33. The molecule has 2 rings (SSSR count). The van der Waals surface area contributed by atoms with Crippen molar-refractivity contribution in [2.45, 2.75) is 39.3 Å². The van der Waals surface area contributed by atoms with Gasteiger partial charge in [0.1, 0.15) is 11.4 Å². The van der Waals surface area contributed by atoms with E-state index in [0.717, 1.165) is 24.1 Å². The van der Waals surface area contributed by atoms with Crippen LogP contribution < -0.4 is 10.00 Å². The number of ether oxygens (including phenoxy) is 1. The van der Waals surface area contributed by atoms with Crippen LogP contribution in [-0.4, -0.2) is 28.0 Å². The molecule has 2 N–H and O–H groups in total. The Bertz CT molecular complexity index is 685. The first-order chi connectivity index (χ1) is 11.2. The highest BCUT2D eigenvalue weighted by atomic mass is 16.6. The van der Waals surface area contributed by atoms with Gasteiger partial charge in [0, 0.05) is 6.54 Å². The number of nitrogens with zero attached hydrogens (tertiary/aromatic N) is 2. The van der Waals surface area contributed by atoms with Crippen LogP contribution in [0.25, 0.3) is 11.1 Å². The minimum absolute atomic E-state index is 0.260. The molecule has 0 aliphatic carbocycles. The van der Waals surface area contributed by atoms with Crippen LogP contribution >= 0.6 is 0 Å². The summed E-state index contributed by atoms with van der Waals surface area (Å²) >= 11 is 0. The van der Waals surface area contributed by atoms with Crippen molar-refractivity contribution >= 4 is 6.09 Å². The van der Waals surface area contributed by atoms with E-state index in [1.807, 2.05) is 50.8 Å². The normalized spacial score (nSPS) is 11.3. The van der Waals surface area contributed by atoms with E-state index < -0.39 is 5.60 Å². The zero-order valence-corrected chi connectivity index (χ0v) is 14.7. The highest BCUT2D eigenvalue weighted by Gasteiger charge is 2.16. The van der Waals surface area contributed by atoms with Crippen molar-refractivity contribution in [2.24, 2.45) is 7.05 Å². The minimum atomic E-state index is -0.476. The highest BCUT2D eigenvalue weighted by molar-refractivity contribution is 5.67. The van der Waals surface area contributed by atoms with Crippen LogP contribution in [0.15, 0.2) is 36.7 Å². The standard InChI is InChI=1S/C18H25N3O3/c1-18(2,3)24-17(23)19-10-5-11-21-13-15(12-20(21)4)14-6-8-16(22)9-7-14/h6-9,12-13H,5,10-11H2,1-4H3,(H-,19,22,23)/p+1. The van der Waals surface area contributed by atoms with E-state index in [2.05, 4.69) is 16.2 Å². The molecule has 1 aromatic heterocycles. The third-order valence-corrected chi connectivity index (χ3v) is 3.45. The average Bonchev–Trinajstić information content (AvgIpc) is 2.84. The lowest BCUT2D eigenvalue weighted by molar-refractivity contribution is -0.753. The van der Waals surface area contributed by atoms with Gasteiger partial charge in [0.15, 0.2) is 7.05 Å². The third-order valence-electron chi connectivity index (χ3n) is 3.45. The Morgan fingerprint density at radius 2 is 1.92 bits per heavy atom. The molecule has 0 bridgehead atoms. The van der Waals surface area contributed by atoms with Gasteiger partial charge in [-0.3, -0.25) is 0 Å². The third kappa shape index (κ3) is 5.30. The second-order valence-corrected chi connectivity index (χ2v) is 6.78. The van der Waals surface area contributed by atoms with Gasteiger partial charge in [0.25, 0.3) is 0 Å². The van der Waals surface area contributed by atoms with Gasteiger partial charge >= 0.3 is 6.09 Å². The van der Waals surface area contributed by atoms with Crippen molar-refractivity contribution in [2.75, 3.05) is 6.54 Å². The molecule has 6 nitrogen and oxygen atoms in total. The zero-order chi connectivity index (χ0) is 17.7. The maximum Gasteiger partial charge on any atom is 0.407 e. The number of hydrogen-bond acceptors (Lipinski definition) is 3. The molecule has 0 spiro atoms. The lowest BCUT2D eigenvalue weighted by atomic mass is 10.1. The molecule has 6 heteroatoms. The Balaban J connectivity index is 1.85. The van der Waals surface area contributed by atoms with Gasteiger partial charge in [-0.25, -0.2) is 4.79 Å². The number of aromatic hydroxyl groups is 1. The SMILES string of the molecule is C[n+]1cc(-c2ccc(O)cc2)cn1CCCNC(=O)OC(C)(C)C. The average molecular weight is 332 g/mol. The molecule has 0 fully saturated rings. The predicted octanol–water partition coefficient (Wildman–Crippen LogP) is 2.60. The van der Waals surface area contributed by atoms with Gasteiger partial charge in [-0.05, 0) is 44.9 Å². The summed E-state index contributed by atoms with van der Waals surface area (Å²) in [4.78, 5) is 11.6. The van der Waals surface area contributed by atoms with Crippen LogP contribution in [0.3, 0.4) is 0 Å². The number of aromatic nitrogens is 2. The summed E-state index contributed by atoms with van der Waals surface area (Å²) in [6.45, 7) is 6.87. The molecule has 0 saturated carbocycles. The number of alkyl carbamates (subject to hydrolysis) is 1. The Kier molecular flexibility index (Phi) is 5.49. The van der Waals surface area contributed by atoms with Crippen molar-refractivity contribution < 1.29 is 19.3 Å². The number of carbonyl (C=O) groups excluding carboxylic acids is 1. The first-order valence-electron chi connectivity index (χ1n) is 8.07. The summed E-state index contributed by atoms with van der Waals surface area (Å²) < 4.78 is 9.29. The van der Waals surface area contributed by atoms with Crippen LogP contribution in [-0.2, 0) is 18.3 Å². The van der Waals surface area contributed by atoms with Crippen LogP contribution in [0.4, 0.5) is 4.79 Å². The fourth-order valence-corrected chi connectivity index (χ4v) is 2.33. The number of carbonyl (C=O) groups is 1. The van der Waals surface area contributed by atoms with Crippen molar-refractivity contribution in [3.05, 3.63) is 36.7 Å². The summed E-state index contributed by atoms with van der Waals surface area (Å²) in [5.74, 6) is 0.260. The predicted molar refractivity (Wildman–Crippen MR) is 91.6 cm³/mol. The van der Waals surface area contributed by atoms with E-state index in [-0.39, 0.29) is 11.8 Å². The van der Waals surface area contributed by atoms with E-state index >= 15 is 0 Å². The molecule has 1 heterocycles. The molecule has 0 saturated heterocycles. The molecule has 2 aromatic rings. The number of phenols is 1. The maximum atomic E-state index is 11.6. The Morgan fingerprint density at radius 3 is 2.54 bits per heavy atom. The Labute approximate surface area is 142 Å². The second kappa shape index (κ2) is 7.38. The number of hydrogen-bond donors (Lipinski definition) is 2. The molecule has 1 aromatic carbocycles. The van der Waals surface area contributed by atoms with Crippen molar-refractivity contribution in [1.82, 2.24) is 10.00 Å². The van der Waals surface area contributed by atoms with Crippen molar-refractivity contribution in [3.63, 3.8) is 0 Å². The van der Waals surface area contributed by atoms with Gasteiger partial charge in [-0.2, -0.15) is 4.68 Å². The second-order valence-electron chi connectivity index (χ2n) is 6.78. The molecule has 0 unspecified atom stereocenters. The van der Waals surface area contributed by atoms with Crippen LogP contribution in [0.1, 0.15) is 27.2 Å². The van der Waals surface area contributed by atoms with Gasteiger partial charge < -0.3 is 15.2 Å². The summed E-state index contributed by atoms with van der Waals surface area (Å²) in [7, 11) is 1.98. The molecule has 24 heavy (non-hydrogen) atoms. The number of phenolic OH excluding ortho intramolecular Hbond substituents is 1. The highest BCUT2D eigenvalue weighted by Crippen LogP contribution is 2.20. The number of benzene rings is 1. The van der Waals surface area contributed by atoms with Crippen LogP contribution in [0, 0.1) is 0 Å². The number of amides is 1. The van der Waals surface area contributed by atoms with E-state index in [9.17, 15) is 9.90 Å². The fraction of sp³-hybridized carbons (Fsp3) is 0.444. The summed E-state index contributed by atoms with van der Waals surface area (Å²) in [5, 5.41) is 12.1. The topological polar surface area (TPSA) is 67.4 Å². The maximum absolute atomic E-state index is 11.6. The quantitative estimate of drug-likeness (QED) is 0.653.